The van der Waals surface area contributed by atoms with Crippen LogP contribution in [0.1, 0.15) is 51.4 Å². The first kappa shape index (κ1) is 32.2. The van der Waals surface area contributed by atoms with Crippen LogP contribution in [-0.4, -0.2) is 82.4 Å². The van der Waals surface area contributed by atoms with Crippen LogP contribution in [-0.2, 0) is 33.6 Å². The Bertz CT molecular complexity index is 821. The predicted molar refractivity (Wildman–Crippen MR) is 123 cm³/mol. The monoisotopic (exact) mass is 517 g/mol. The summed E-state index contributed by atoms with van der Waals surface area (Å²) in [5.41, 5.74) is 21.2. The number of aliphatic carboxylic acids is 2. The average molecular weight is 518 g/mol. The second kappa shape index (κ2) is 16.8. The number of rotatable bonds is 19. The standard InChI is InChI=1S/C20H35N7O9/c21-8-2-1-3-11(25-17(32)10(22)9-15(24)29)18(33)26-12(4-6-14(23)28)19(34)27-13(20(35)36)5-7-16(30)31/h10-13H,1-9,21-22H2,(H2,23,28)(H2,24,29)(H,25,32)(H,26,33)(H,27,34)(H,30,31)(H,35,36). The number of nitrogens with two attached hydrogens (primary N) is 4. The minimum Gasteiger partial charge on any atom is -0.481 e. The molecular formula is C20H35N7O9. The maximum atomic E-state index is 12.9. The van der Waals surface area contributed by atoms with E-state index in [1.165, 1.54) is 0 Å². The van der Waals surface area contributed by atoms with E-state index in [0.29, 0.717) is 19.4 Å². The van der Waals surface area contributed by atoms with Crippen molar-refractivity contribution in [1.82, 2.24) is 16.0 Å². The zero-order valence-electron chi connectivity index (χ0n) is 19.7. The van der Waals surface area contributed by atoms with Gasteiger partial charge in [-0.1, -0.05) is 0 Å². The van der Waals surface area contributed by atoms with Gasteiger partial charge in [-0.05, 0) is 38.6 Å². The van der Waals surface area contributed by atoms with Crippen molar-refractivity contribution >= 4 is 41.5 Å². The molecule has 0 aliphatic rings. The highest BCUT2D eigenvalue weighted by atomic mass is 16.4. The molecule has 204 valence electrons. The first-order valence-electron chi connectivity index (χ1n) is 11.2. The largest absolute Gasteiger partial charge is 0.481 e. The van der Waals surface area contributed by atoms with Gasteiger partial charge in [0.05, 0.1) is 12.5 Å². The van der Waals surface area contributed by atoms with E-state index < -0.39 is 84.9 Å². The molecule has 16 nitrogen and oxygen atoms in total. The number of hydrogen-bond acceptors (Lipinski definition) is 9. The maximum absolute atomic E-state index is 12.9. The highest BCUT2D eigenvalue weighted by Crippen LogP contribution is 2.06. The molecule has 13 N–H and O–H groups in total. The van der Waals surface area contributed by atoms with Gasteiger partial charge in [-0.25, -0.2) is 4.79 Å². The minimum atomic E-state index is -1.58. The van der Waals surface area contributed by atoms with Gasteiger partial charge in [0.25, 0.3) is 0 Å². The van der Waals surface area contributed by atoms with E-state index in [-0.39, 0.29) is 19.3 Å². The molecule has 0 aromatic rings. The van der Waals surface area contributed by atoms with E-state index in [2.05, 4.69) is 16.0 Å². The van der Waals surface area contributed by atoms with Crippen LogP contribution in [0.15, 0.2) is 0 Å². The van der Waals surface area contributed by atoms with Crippen LogP contribution in [0.3, 0.4) is 0 Å². The molecule has 0 aromatic carbocycles. The number of unbranched alkanes of at least 4 members (excludes halogenated alkanes) is 1. The Morgan fingerprint density at radius 2 is 1.17 bits per heavy atom. The zero-order chi connectivity index (χ0) is 27.8. The zero-order valence-corrected chi connectivity index (χ0v) is 19.7. The van der Waals surface area contributed by atoms with Gasteiger partial charge in [0, 0.05) is 12.8 Å². The highest BCUT2D eigenvalue weighted by molar-refractivity contribution is 5.95. The van der Waals surface area contributed by atoms with Crippen LogP contribution in [0.25, 0.3) is 0 Å². The molecule has 4 unspecified atom stereocenters. The number of carbonyl (C=O) groups excluding carboxylic acids is 5. The fourth-order valence-electron chi connectivity index (χ4n) is 2.98. The van der Waals surface area contributed by atoms with Crippen molar-refractivity contribution in [3.63, 3.8) is 0 Å². The molecule has 0 spiro atoms. The fourth-order valence-corrected chi connectivity index (χ4v) is 2.98. The quantitative estimate of drug-likeness (QED) is 0.0743. The highest BCUT2D eigenvalue weighted by Gasteiger charge is 2.30. The van der Waals surface area contributed by atoms with Crippen molar-refractivity contribution in [3.8, 4) is 0 Å². The van der Waals surface area contributed by atoms with Crippen molar-refractivity contribution < 1.29 is 43.8 Å². The SMILES string of the molecule is NCCCCC(NC(=O)C(N)CC(N)=O)C(=O)NC(CCC(N)=O)C(=O)NC(CCC(=O)O)C(=O)O. The lowest BCUT2D eigenvalue weighted by Crippen LogP contribution is -2.57. The Hall–Kier alpha value is -3.79. The van der Waals surface area contributed by atoms with E-state index in [0.717, 1.165) is 0 Å². The maximum Gasteiger partial charge on any atom is 0.326 e. The Morgan fingerprint density at radius 1 is 0.667 bits per heavy atom. The van der Waals surface area contributed by atoms with E-state index >= 15 is 0 Å². The summed E-state index contributed by atoms with van der Waals surface area (Å²) in [5, 5.41) is 24.9. The molecule has 0 aliphatic heterocycles. The third-order valence-corrected chi connectivity index (χ3v) is 4.91. The van der Waals surface area contributed by atoms with Crippen LogP contribution in [0.4, 0.5) is 0 Å². The summed E-state index contributed by atoms with van der Waals surface area (Å²) in [7, 11) is 0. The topological polar surface area (TPSA) is 300 Å². The first-order valence-corrected chi connectivity index (χ1v) is 11.2. The third-order valence-electron chi connectivity index (χ3n) is 4.91. The molecule has 4 atom stereocenters. The van der Waals surface area contributed by atoms with E-state index in [1.807, 2.05) is 0 Å². The second-order valence-electron chi connectivity index (χ2n) is 8.02. The number of hydrogen-bond donors (Lipinski definition) is 9. The molecule has 0 aliphatic carbocycles. The Balaban J connectivity index is 5.60. The van der Waals surface area contributed by atoms with Gasteiger partial charge < -0.3 is 49.1 Å². The average Bonchev–Trinajstić information content (AvgIpc) is 2.77. The van der Waals surface area contributed by atoms with E-state index in [1.54, 1.807) is 0 Å². The van der Waals surface area contributed by atoms with Gasteiger partial charge in [0.1, 0.15) is 18.1 Å². The first-order chi connectivity index (χ1) is 16.8. The van der Waals surface area contributed by atoms with Gasteiger partial charge >= 0.3 is 11.9 Å². The number of amides is 5. The molecule has 0 saturated heterocycles. The van der Waals surface area contributed by atoms with Crippen molar-refractivity contribution in [2.24, 2.45) is 22.9 Å². The number of carboxylic acids is 2. The summed E-state index contributed by atoms with van der Waals surface area (Å²) in [6, 6.07) is -5.56. The fraction of sp³-hybridized carbons (Fsp3) is 0.650. The Morgan fingerprint density at radius 3 is 1.64 bits per heavy atom. The van der Waals surface area contributed by atoms with Crippen LogP contribution in [0, 0.1) is 0 Å². The van der Waals surface area contributed by atoms with Crippen molar-refractivity contribution in [1.29, 1.82) is 0 Å². The summed E-state index contributed by atoms with van der Waals surface area (Å²) in [6.45, 7) is 0.306. The molecule has 36 heavy (non-hydrogen) atoms. The Kier molecular flexibility index (Phi) is 15.0. The van der Waals surface area contributed by atoms with Crippen LogP contribution < -0.4 is 38.9 Å². The molecule has 0 rings (SSSR count). The van der Waals surface area contributed by atoms with E-state index in [4.69, 9.17) is 28.0 Å². The molecule has 0 heterocycles. The molecule has 0 fully saturated rings. The van der Waals surface area contributed by atoms with Gasteiger partial charge in [-0.3, -0.25) is 28.8 Å². The van der Waals surface area contributed by atoms with Crippen molar-refractivity contribution in [2.45, 2.75) is 75.5 Å². The van der Waals surface area contributed by atoms with Crippen molar-refractivity contribution in [3.05, 3.63) is 0 Å². The molecular weight excluding hydrogens is 482 g/mol. The molecule has 0 saturated carbocycles. The van der Waals surface area contributed by atoms with Crippen LogP contribution >= 0.6 is 0 Å². The number of nitrogens with one attached hydrogen (secondary N) is 3. The van der Waals surface area contributed by atoms with E-state index in [9.17, 15) is 38.7 Å². The lowest BCUT2D eigenvalue weighted by Gasteiger charge is -2.25. The van der Waals surface area contributed by atoms with Gasteiger partial charge in [-0.15, -0.1) is 0 Å². The normalized spacial score (nSPS) is 13.9. The molecule has 16 heteroatoms. The molecule has 5 amide bonds. The Labute approximate surface area is 206 Å². The number of carbonyl (C=O) groups is 7. The second-order valence-corrected chi connectivity index (χ2v) is 8.02. The minimum absolute atomic E-state index is 0.0819. The molecule has 0 aromatic heterocycles. The van der Waals surface area contributed by atoms with Crippen LogP contribution in [0.5, 0.6) is 0 Å². The smallest absolute Gasteiger partial charge is 0.326 e. The summed E-state index contributed by atoms with van der Waals surface area (Å²) in [5.74, 6) is -7.11. The summed E-state index contributed by atoms with van der Waals surface area (Å²) in [4.78, 5) is 82.4. The van der Waals surface area contributed by atoms with Gasteiger partial charge in [0.2, 0.25) is 29.5 Å². The summed E-state index contributed by atoms with van der Waals surface area (Å²) in [6.07, 6.45) is -1.12. The van der Waals surface area contributed by atoms with Crippen LogP contribution in [0.2, 0.25) is 0 Å². The van der Waals surface area contributed by atoms with Gasteiger partial charge in [0.15, 0.2) is 0 Å². The summed E-state index contributed by atoms with van der Waals surface area (Å²) < 4.78 is 0. The predicted octanol–water partition coefficient (Wildman–Crippen LogP) is -4.01. The molecule has 0 radical (unpaired) electrons. The van der Waals surface area contributed by atoms with Crippen molar-refractivity contribution in [2.75, 3.05) is 6.54 Å². The lowest BCUT2D eigenvalue weighted by molar-refractivity contribution is -0.143. The summed E-state index contributed by atoms with van der Waals surface area (Å²) >= 11 is 0. The van der Waals surface area contributed by atoms with Gasteiger partial charge in [-0.2, -0.15) is 0 Å². The number of carboxylic acid groups (broad SMARTS) is 2. The third kappa shape index (κ3) is 13.8. The molecule has 0 bridgehead atoms. The lowest BCUT2D eigenvalue weighted by atomic mass is 10.0. The number of primary amides is 2.